The number of nitrogens with one attached hydrogen (secondary N) is 2. The van der Waals surface area contributed by atoms with Gasteiger partial charge in [-0.1, -0.05) is 31.4 Å². The van der Waals surface area contributed by atoms with Crippen molar-refractivity contribution in [1.29, 1.82) is 0 Å². The van der Waals surface area contributed by atoms with Crippen molar-refractivity contribution in [2.75, 3.05) is 32.1 Å². The first kappa shape index (κ1) is 16.0. The van der Waals surface area contributed by atoms with Gasteiger partial charge in [-0.15, -0.1) is 0 Å². The Morgan fingerprint density at radius 2 is 2.12 bits per heavy atom. The molecule has 1 aromatic carbocycles. The van der Waals surface area contributed by atoms with Crippen LogP contribution in [0.15, 0.2) is 34.5 Å². The number of nitrogens with zero attached hydrogens (tertiary/aromatic N) is 3. The summed E-state index contributed by atoms with van der Waals surface area (Å²) in [6, 6.07) is 9.21. The zero-order chi connectivity index (χ0) is 16.4. The number of benzene rings is 1. The molecule has 0 bridgehead atoms. The van der Waals surface area contributed by atoms with Crippen molar-refractivity contribution in [2.45, 2.75) is 44.3 Å². The molecular weight excluding hydrogens is 298 g/mol. The molecule has 0 radical (unpaired) electrons. The molecule has 5 nitrogen and oxygen atoms in total. The quantitative estimate of drug-likeness (QED) is 0.868. The fourth-order valence-electron chi connectivity index (χ4n) is 4.32. The second-order valence-electron chi connectivity index (χ2n) is 7.65. The van der Waals surface area contributed by atoms with Gasteiger partial charge in [0.15, 0.2) is 0 Å². The van der Waals surface area contributed by atoms with E-state index in [9.17, 15) is 0 Å². The molecule has 1 saturated carbocycles. The number of rotatable bonds is 5. The molecule has 2 aliphatic heterocycles. The Labute approximate surface area is 144 Å². The lowest BCUT2D eigenvalue weighted by molar-refractivity contribution is 0.0782. The Morgan fingerprint density at radius 1 is 1.21 bits per heavy atom. The molecule has 1 aliphatic carbocycles. The van der Waals surface area contributed by atoms with Gasteiger partial charge in [-0.25, -0.2) is 0 Å². The molecule has 1 saturated heterocycles. The van der Waals surface area contributed by atoms with Gasteiger partial charge in [-0.2, -0.15) is 10.2 Å². The van der Waals surface area contributed by atoms with Crippen LogP contribution in [0.1, 0.15) is 43.8 Å². The summed E-state index contributed by atoms with van der Waals surface area (Å²) in [5.74, 6) is 1.97. The minimum atomic E-state index is 0.0207. The Balaban J connectivity index is 1.30. The smallest absolute Gasteiger partial charge is 0.148 e. The Hall–Kier alpha value is -1.46. The number of hydrogen-bond donors (Lipinski definition) is 2. The van der Waals surface area contributed by atoms with E-state index >= 15 is 0 Å². The lowest BCUT2D eigenvalue weighted by atomic mass is 9.72. The third kappa shape index (κ3) is 3.47. The summed E-state index contributed by atoms with van der Waals surface area (Å²) in [6.45, 7) is 2.93. The molecule has 5 heteroatoms. The topological polar surface area (TPSA) is 52.0 Å². The van der Waals surface area contributed by atoms with Crippen LogP contribution in [0.2, 0.25) is 0 Å². The monoisotopic (exact) mass is 327 g/mol. The van der Waals surface area contributed by atoms with Crippen molar-refractivity contribution < 1.29 is 0 Å². The maximum atomic E-state index is 4.23. The summed E-state index contributed by atoms with van der Waals surface area (Å²) in [6.07, 6.45) is 7.16. The van der Waals surface area contributed by atoms with Crippen LogP contribution in [0.25, 0.3) is 0 Å². The molecule has 24 heavy (non-hydrogen) atoms. The van der Waals surface area contributed by atoms with Gasteiger partial charge in [-0.3, -0.25) is 5.32 Å². The first-order valence-electron chi connectivity index (χ1n) is 9.43. The highest BCUT2D eigenvalue weighted by Crippen LogP contribution is 2.38. The first-order valence-corrected chi connectivity index (χ1v) is 9.43. The van der Waals surface area contributed by atoms with Crippen LogP contribution >= 0.6 is 0 Å². The van der Waals surface area contributed by atoms with E-state index in [0.717, 1.165) is 18.4 Å². The van der Waals surface area contributed by atoms with E-state index in [2.05, 4.69) is 57.1 Å². The summed E-state index contributed by atoms with van der Waals surface area (Å²) in [7, 11) is 2.30. The van der Waals surface area contributed by atoms with E-state index in [1.165, 1.54) is 49.9 Å². The SMILES string of the molecule is CN1CC(C2CCC2)CCC1CNc1cccc(C2N=NCN2)c1. The highest BCUT2D eigenvalue weighted by Gasteiger charge is 2.33. The van der Waals surface area contributed by atoms with E-state index in [1.807, 2.05) is 0 Å². The van der Waals surface area contributed by atoms with Gasteiger partial charge in [0.2, 0.25) is 0 Å². The molecule has 2 fully saturated rings. The second-order valence-corrected chi connectivity index (χ2v) is 7.65. The van der Waals surface area contributed by atoms with E-state index in [0.29, 0.717) is 12.7 Å². The molecule has 3 atom stereocenters. The standard InChI is InChI=1S/C19H29N5/c1-24-12-16(14-4-2-5-14)8-9-18(24)11-20-17-7-3-6-15(10-17)19-21-13-22-23-19/h3,6-7,10,14,16,18-21H,2,4-5,8-9,11-13H2,1H3. The largest absolute Gasteiger partial charge is 0.383 e. The predicted molar refractivity (Wildman–Crippen MR) is 97.0 cm³/mol. The van der Waals surface area contributed by atoms with Crippen LogP contribution in [0.3, 0.4) is 0 Å². The average molecular weight is 327 g/mol. The third-order valence-electron chi connectivity index (χ3n) is 6.13. The molecule has 2 N–H and O–H groups in total. The van der Waals surface area contributed by atoms with Crippen LogP contribution in [0.5, 0.6) is 0 Å². The van der Waals surface area contributed by atoms with E-state index < -0.39 is 0 Å². The van der Waals surface area contributed by atoms with Gasteiger partial charge >= 0.3 is 0 Å². The molecule has 0 amide bonds. The third-order valence-corrected chi connectivity index (χ3v) is 6.13. The van der Waals surface area contributed by atoms with Gasteiger partial charge in [-0.05, 0) is 49.4 Å². The zero-order valence-electron chi connectivity index (χ0n) is 14.6. The Kier molecular flexibility index (Phi) is 4.81. The van der Waals surface area contributed by atoms with Crippen LogP contribution < -0.4 is 10.6 Å². The van der Waals surface area contributed by atoms with Gasteiger partial charge in [0.25, 0.3) is 0 Å². The lowest BCUT2D eigenvalue weighted by Crippen LogP contribution is -2.46. The molecule has 2 heterocycles. The molecular formula is C19H29N5. The van der Waals surface area contributed by atoms with E-state index in [4.69, 9.17) is 0 Å². The lowest BCUT2D eigenvalue weighted by Gasteiger charge is -2.43. The number of azo groups is 1. The van der Waals surface area contributed by atoms with E-state index in [-0.39, 0.29) is 6.17 Å². The number of piperidine rings is 1. The Bertz CT molecular complexity index is 583. The molecule has 0 aromatic heterocycles. The van der Waals surface area contributed by atoms with Crippen molar-refractivity contribution in [1.82, 2.24) is 10.2 Å². The molecule has 3 aliphatic rings. The van der Waals surface area contributed by atoms with Crippen LogP contribution in [0, 0.1) is 11.8 Å². The average Bonchev–Trinajstić information content (AvgIpc) is 3.07. The Morgan fingerprint density at radius 3 is 2.83 bits per heavy atom. The summed E-state index contributed by atoms with van der Waals surface area (Å²) >= 11 is 0. The van der Waals surface area contributed by atoms with Crippen molar-refractivity contribution in [3.63, 3.8) is 0 Å². The van der Waals surface area contributed by atoms with Crippen LogP contribution in [0.4, 0.5) is 5.69 Å². The molecule has 130 valence electrons. The van der Waals surface area contributed by atoms with Crippen molar-refractivity contribution >= 4 is 5.69 Å². The zero-order valence-corrected chi connectivity index (χ0v) is 14.6. The predicted octanol–water partition coefficient (Wildman–Crippen LogP) is 3.62. The van der Waals surface area contributed by atoms with Gasteiger partial charge in [0.1, 0.15) is 12.8 Å². The number of anilines is 1. The number of likely N-dealkylation sites (N-methyl/N-ethyl adjacent to an activating group) is 1. The normalized spacial score (nSPS) is 31.1. The maximum absolute atomic E-state index is 4.23. The second kappa shape index (κ2) is 7.19. The number of hydrogen-bond acceptors (Lipinski definition) is 5. The number of likely N-dealkylation sites (tertiary alicyclic amines) is 1. The van der Waals surface area contributed by atoms with Gasteiger partial charge in [0, 0.05) is 24.8 Å². The fraction of sp³-hybridized carbons (Fsp3) is 0.684. The molecule has 3 unspecified atom stereocenters. The summed E-state index contributed by atoms with van der Waals surface area (Å²) in [5, 5.41) is 15.2. The van der Waals surface area contributed by atoms with Crippen molar-refractivity contribution in [3.8, 4) is 0 Å². The summed E-state index contributed by atoms with van der Waals surface area (Å²) < 4.78 is 0. The first-order chi connectivity index (χ1) is 11.8. The van der Waals surface area contributed by atoms with Crippen molar-refractivity contribution in [2.24, 2.45) is 22.1 Å². The highest BCUT2D eigenvalue weighted by atomic mass is 15.3. The molecule has 4 rings (SSSR count). The van der Waals surface area contributed by atoms with Gasteiger partial charge in [0.05, 0.1) is 0 Å². The molecule has 1 aromatic rings. The fourth-order valence-corrected chi connectivity index (χ4v) is 4.32. The summed E-state index contributed by atoms with van der Waals surface area (Å²) in [5.41, 5.74) is 2.37. The van der Waals surface area contributed by atoms with E-state index in [1.54, 1.807) is 0 Å². The summed E-state index contributed by atoms with van der Waals surface area (Å²) in [4.78, 5) is 2.58. The van der Waals surface area contributed by atoms with Crippen molar-refractivity contribution in [3.05, 3.63) is 29.8 Å². The molecule has 0 spiro atoms. The van der Waals surface area contributed by atoms with Crippen LogP contribution in [-0.4, -0.2) is 37.7 Å². The van der Waals surface area contributed by atoms with Crippen LogP contribution in [-0.2, 0) is 0 Å². The minimum absolute atomic E-state index is 0.0207. The minimum Gasteiger partial charge on any atom is -0.383 e. The highest BCUT2D eigenvalue weighted by molar-refractivity contribution is 5.46. The van der Waals surface area contributed by atoms with Gasteiger partial charge < -0.3 is 10.2 Å². The maximum Gasteiger partial charge on any atom is 0.148 e.